The van der Waals surface area contributed by atoms with Crippen LogP contribution in [-0.2, 0) is 4.74 Å². The van der Waals surface area contributed by atoms with E-state index in [0.717, 1.165) is 25.6 Å². The topological polar surface area (TPSA) is 27.7 Å². The van der Waals surface area contributed by atoms with Crippen LogP contribution in [0, 0.1) is 5.92 Å². The smallest absolute Gasteiger partial charge is 0.0707 e. The summed E-state index contributed by atoms with van der Waals surface area (Å²) in [5.41, 5.74) is 0. The fraction of sp³-hybridized carbons (Fsp3) is 1.00. The number of hydrogen-bond donors (Lipinski definition) is 1. The van der Waals surface area contributed by atoms with Crippen LogP contribution in [0.1, 0.15) is 39.5 Å². The molecule has 0 spiro atoms. The quantitative estimate of drug-likeness (QED) is 0.702. The van der Waals surface area contributed by atoms with E-state index in [1.807, 2.05) is 0 Å². The number of ether oxygens (including phenoxy) is 1. The largest absolute Gasteiger partial charge is 0.372 e. The maximum atomic E-state index is 6.17. The zero-order valence-electron chi connectivity index (χ0n) is 14.3. The highest BCUT2D eigenvalue weighted by atomic mass is 16.5. The Labute approximate surface area is 131 Å². The summed E-state index contributed by atoms with van der Waals surface area (Å²) >= 11 is 0. The summed E-state index contributed by atoms with van der Waals surface area (Å²) in [6, 6.07) is 0. The third-order valence-corrected chi connectivity index (χ3v) is 4.63. The third-order valence-electron chi connectivity index (χ3n) is 4.63. The molecule has 0 aromatic heterocycles. The van der Waals surface area contributed by atoms with Crippen LogP contribution in [-0.4, -0.2) is 74.9 Å². The summed E-state index contributed by atoms with van der Waals surface area (Å²) in [6.45, 7) is 12.7. The molecule has 2 saturated heterocycles. The summed E-state index contributed by atoms with van der Waals surface area (Å²) in [7, 11) is 2.24. The van der Waals surface area contributed by atoms with E-state index in [1.165, 1.54) is 51.9 Å². The molecule has 1 N–H and O–H groups in total. The number of hydrogen-bond acceptors (Lipinski definition) is 4. The molecule has 2 aliphatic heterocycles. The lowest BCUT2D eigenvalue weighted by molar-refractivity contribution is 0.0266. The Kier molecular flexibility index (Phi) is 7.44. The van der Waals surface area contributed by atoms with Gasteiger partial charge < -0.3 is 19.9 Å². The Hall–Kier alpha value is -0.160. The van der Waals surface area contributed by atoms with Crippen molar-refractivity contribution < 1.29 is 4.74 Å². The molecule has 0 aromatic rings. The van der Waals surface area contributed by atoms with Gasteiger partial charge in [-0.3, -0.25) is 0 Å². The van der Waals surface area contributed by atoms with E-state index >= 15 is 0 Å². The molecule has 2 heterocycles. The van der Waals surface area contributed by atoms with Gasteiger partial charge in [-0.25, -0.2) is 0 Å². The molecule has 2 atom stereocenters. The lowest BCUT2D eigenvalue weighted by atomic mass is 10.2. The van der Waals surface area contributed by atoms with Crippen LogP contribution in [0.4, 0.5) is 0 Å². The lowest BCUT2D eigenvalue weighted by Gasteiger charge is -2.24. The van der Waals surface area contributed by atoms with Crippen molar-refractivity contribution >= 4 is 0 Å². The van der Waals surface area contributed by atoms with E-state index in [1.54, 1.807) is 0 Å². The van der Waals surface area contributed by atoms with Crippen LogP contribution in [0.5, 0.6) is 0 Å². The van der Waals surface area contributed by atoms with Crippen LogP contribution >= 0.6 is 0 Å². The second-order valence-corrected chi connectivity index (χ2v) is 7.32. The molecule has 2 unspecified atom stereocenters. The molecule has 0 aliphatic carbocycles. The van der Waals surface area contributed by atoms with Crippen molar-refractivity contribution in [3.05, 3.63) is 0 Å². The van der Waals surface area contributed by atoms with Gasteiger partial charge in [-0.15, -0.1) is 0 Å². The van der Waals surface area contributed by atoms with Gasteiger partial charge in [0.25, 0.3) is 0 Å². The van der Waals surface area contributed by atoms with E-state index in [0.29, 0.717) is 12.2 Å². The van der Waals surface area contributed by atoms with Gasteiger partial charge in [-0.05, 0) is 58.3 Å². The van der Waals surface area contributed by atoms with Gasteiger partial charge in [0.2, 0.25) is 0 Å². The maximum Gasteiger partial charge on any atom is 0.0707 e. The molecular formula is C17H35N3O. The number of likely N-dealkylation sites (tertiary alicyclic amines) is 1. The first-order chi connectivity index (χ1) is 10.1. The first-order valence-electron chi connectivity index (χ1n) is 8.90. The van der Waals surface area contributed by atoms with Crippen molar-refractivity contribution in [2.24, 2.45) is 5.92 Å². The Bertz CT molecular complexity index is 279. The van der Waals surface area contributed by atoms with Crippen molar-refractivity contribution in [2.75, 3.05) is 52.9 Å². The highest BCUT2D eigenvalue weighted by molar-refractivity contribution is 4.78. The van der Waals surface area contributed by atoms with E-state index in [2.05, 4.69) is 36.0 Å². The SMILES string of the molecule is CC(C)CNCC1CCC(CN(C)CCN2CCCC2)O1. The van der Waals surface area contributed by atoms with E-state index in [9.17, 15) is 0 Å². The molecule has 0 saturated carbocycles. The summed E-state index contributed by atoms with van der Waals surface area (Å²) < 4.78 is 6.17. The molecule has 4 nitrogen and oxygen atoms in total. The van der Waals surface area contributed by atoms with Gasteiger partial charge in [-0.2, -0.15) is 0 Å². The fourth-order valence-electron chi connectivity index (χ4n) is 3.35. The summed E-state index contributed by atoms with van der Waals surface area (Å²) in [4.78, 5) is 5.04. The molecular weight excluding hydrogens is 262 g/mol. The molecule has 2 aliphatic rings. The van der Waals surface area contributed by atoms with E-state index < -0.39 is 0 Å². The molecule has 0 bridgehead atoms. The van der Waals surface area contributed by atoms with E-state index in [4.69, 9.17) is 4.74 Å². The highest BCUT2D eigenvalue weighted by Crippen LogP contribution is 2.20. The van der Waals surface area contributed by atoms with Gasteiger partial charge in [0.1, 0.15) is 0 Å². The van der Waals surface area contributed by atoms with Gasteiger partial charge >= 0.3 is 0 Å². The number of likely N-dealkylation sites (N-methyl/N-ethyl adjacent to an activating group) is 1. The molecule has 2 fully saturated rings. The second-order valence-electron chi connectivity index (χ2n) is 7.32. The molecule has 0 radical (unpaired) electrons. The Morgan fingerprint density at radius 2 is 1.90 bits per heavy atom. The number of rotatable bonds is 9. The summed E-state index contributed by atoms with van der Waals surface area (Å²) in [6.07, 6.45) is 6.10. The predicted octanol–water partition coefficient (Wildman–Crippen LogP) is 1.81. The Morgan fingerprint density at radius 1 is 1.19 bits per heavy atom. The molecule has 0 amide bonds. The van der Waals surface area contributed by atoms with Crippen LogP contribution in [0.3, 0.4) is 0 Å². The first kappa shape index (κ1) is 17.2. The Balaban J connectivity index is 1.54. The van der Waals surface area contributed by atoms with Gasteiger partial charge in [-0.1, -0.05) is 13.8 Å². The first-order valence-corrected chi connectivity index (χ1v) is 8.90. The summed E-state index contributed by atoms with van der Waals surface area (Å²) in [5.74, 6) is 0.721. The standard InChI is InChI=1S/C17H35N3O/c1-15(2)12-18-13-16-6-7-17(21-16)14-19(3)10-11-20-8-4-5-9-20/h15-18H,4-14H2,1-3H3. The molecule has 2 rings (SSSR count). The molecule has 124 valence electrons. The Morgan fingerprint density at radius 3 is 2.62 bits per heavy atom. The predicted molar refractivity (Wildman–Crippen MR) is 88.8 cm³/mol. The number of nitrogens with zero attached hydrogens (tertiary/aromatic N) is 2. The fourth-order valence-corrected chi connectivity index (χ4v) is 3.35. The van der Waals surface area contributed by atoms with Crippen LogP contribution in [0.2, 0.25) is 0 Å². The average molecular weight is 297 g/mol. The van der Waals surface area contributed by atoms with Crippen molar-refractivity contribution in [2.45, 2.75) is 51.7 Å². The van der Waals surface area contributed by atoms with Crippen molar-refractivity contribution in [1.82, 2.24) is 15.1 Å². The van der Waals surface area contributed by atoms with Gasteiger partial charge in [0, 0.05) is 26.2 Å². The van der Waals surface area contributed by atoms with Crippen molar-refractivity contribution in [1.29, 1.82) is 0 Å². The lowest BCUT2D eigenvalue weighted by Crippen LogP contribution is -2.36. The summed E-state index contributed by atoms with van der Waals surface area (Å²) in [5, 5.41) is 3.52. The normalized spacial score (nSPS) is 27.3. The minimum Gasteiger partial charge on any atom is -0.372 e. The highest BCUT2D eigenvalue weighted by Gasteiger charge is 2.26. The van der Waals surface area contributed by atoms with Crippen LogP contribution < -0.4 is 5.32 Å². The van der Waals surface area contributed by atoms with Crippen molar-refractivity contribution in [3.63, 3.8) is 0 Å². The van der Waals surface area contributed by atoms with Crippen molar-refractivity contribution in [3.8, 4) is 0 Å². The van der Waals surface area contributed by atoms with E-state index in [-0.39, 0.29) is 0 Å². The second kappa shape index (κ2) is 9.09. The maximum absolute atomic E-state index is 6.17. The monoisotopic (exact) mass is 297 g/mol. The molecule has 21 heavy (non-hydrogen) atoms. The minimum atomic E-state index is 0.431. The third kappa shape index (κ3) is 6.64. The van der Waals surface area contributed by atoms with Gasteiger partial charge in [0.05, 0.1) is 12.2 Å². The minimum absolute atomic E-state index is 0.431. The number of nitrogens with one attached hydrogen (secondary N) is 1. The zero-order valence-corrected chi connectivity index (χ0v) is 14.3. The van der Waals surface area contributed by atoms with Crippen LogP contribution in [0.25, 0.3) is 0 Å². The molecule has 4 heteroatoms. The zero-order chi connectivity index (χ0) is 15.1. The average Bonchev–Trinajstić information content (AvgIpc) is 3.08. The molecule has 0 aromatic carbocycles. The van der Waals surface area contributed by atoms with Gasteiger partial charge in [0.15, 0.2) is 0 Å². The van der Waals surface area contributed by atoms with Crippen LogP contribution in [0.15, 0.2) is 0 Å².